The second kappa shape index (κ2) is 4.96. The Balaban J connectivity index is 2.11. The molecule has 18 heavy (non-hydrogen) atoms. The van der Waals surface area contributed by atoms with E-state index in [1.165, 1.54) is 6.26 Å². The smallest absolute Gasteiger partial charge is 0.257 e. The predicted octanol–water partition coefficient (Wildman–Crippen LogP) is 2.44. The van der Waals surface area contributed by atoms with Crippen molar-refractivity contribution >= 4 is 11.6 Å². The molecule has 0 atom stereocenters. The molecule has 1 aromatic heterocycles. The van der Waals surface area contributed by atoms with Crippen LogP contribution in [0.2, 0.25) is 0 Å². The Kier molecular flexibility index (Phi) is 3.37. The number of para-hydroxylation sites is 1. The first kappa shape index (κ1) is 12.2. The van der Waals surface area contributed by atoms with Crippen LogP contribution in [0, 0.1) is 6.92 Å². The number of amides is 1. The molecule has 1 aromatic carbocycles. The minimum Gasteiger partial charge on any atom is -0.469 e. The van der Waals surface area contributed by atoms with Gasteiger partial charge >= 0.3 is 0 Å². The number of hydrogen-bond donors (Lipinski definition) is 1. The molecule has 2 aromatic rings. The molecule has 0 aliphatic rings. The topological polar surface area (TPSA) is 59.5 Å². The first-order chi connectivity index (χ1) is 8.58. The summed E-state index contributed by atoms with van der Waals surface area (Å²) >= 11 is 0. The Bertz CT molecular complexity index is 560. The van der Waals surface area contributed by atoms with Crippen LogP contribution in [0.25, 0.3) is 0 Å². The summed E-state index contributed by atoms with van der Waals surface area (Å²) in [7, 11) is 1.75. The van der Waals surface area contributed by atoms with Crippen LogP contribution in [0.5, 0.6) is 0 Å². The summed E-state index contributed by atoms with van der Waals surface area (Å²) in [6.07, 6.45) is 1.47. The highest BCUT2D eigenvalue weighted by Crippen LogP contribution is 2.15. The van der Waals surface area contributed by atoms with E-state index < -0.39 is 0 Å². The van der Waals surface area contributed by atoms with Gasteiger partial charge in [-0.3, -0.25) is 4.79 Å². The summed E-state index contributed by atoms with van der Waals surface area (Å²) < 4.78 is 5.14. The number of hydrogen-bond acceptors (Lipinski definition) is 3. The van der Waals surface area contributed by atoms with Gasteiger partial charge in [-0.25, -0.2) is 0 Å². The van der Waals surface area contributed by atoms with Gasteiger partial charge < -0.3 is 15.1 Å². The highest BCUT2D eigenvalue weighted by atomic mass is 16.3. The molecule has 4 heteroatoms. The number of furan rings is 1. The van der Waals surface area contributed by atoms with Gasteiger partial charge in [-0.05, 0) is 24.6 Å². The van der Waals surface area contributed by atoms with E-state index in [9.17, 15) is 4.79 Å². The summed E-state index contributed by atoms with van der Waals surface area (Å²) in [4.78, 5) is 13.7. The SMILES string of the molecule is Cc1cc(C(=O)N(C)Cc2ccccc2N)co1. The fraction of sp³-hybridized carbons (Fsp3) is 0.214. The summed E-state index contributed by atoms with van der Waals surface area (Å²) in [5.41, 5.74) is 8.05. The van der Waals surface area contributed by atoms with Crippen LogP contribution < -0.4 is 5.73 Å². The summed E-state index contributed by atoms with van der Waals surface area (Å²) in [6.45, 7) is 2.29. The third kappa shape index (κ3) is 2.53. The monoisotopic (exact) mass is 244 g/mol. The number of nitrogens with zero attached hydrogens (tertiary/aromatic N) is 1. The van der Waals surface area contributed by atoms with Gasteiger partial charge in [-0.2, -0.15) is 0 Å². The molecule has 0 bridgehead atoms. The number of anilines is 1. The molecular weight excluding hydrogens is 228 g/mol. The predicted molar refractivity (Wildman–Crippen MR) is 70.1 cm³/mol. The molecule has 2 N–H and O–H groups in total. The van der Waals surface area contributed by atoms with Crippen molar-refractivity contribution in [2.75, 3.05) is 12.8 Å². The maximum Gasteiger partial charge on any atom is 0.257 e. The summed E-state index contributed by atoms with van der Waals surface area (Å²) in [5.74, 6) is 0.654. The van der Waals surface area contributed by atoms with Gasteiger partial charge in [0.25, 0.3) is 5.91 Å². The fourth-order valence-electron chi connectivity index (χ4n) is 1.78. The number of carbonyl (C=O) groups is 1. The van der Waals surface area contributed by atoms with Gasteiger partial charge in [0.05, 0.1) is 5.56 Å². The average molecular weight is 244 g/mol. The molecule has 0 aliphatic carbocycles. The van der Waals surface area contributed by atoms with Gasteiger partial charge in [0, 0.05) is 19.3 Å². The molecule has 0 saturated carbocycles. The maximum atomic E-state index is 12.1. The Morgan fingerprint density at radius 3 is 2.72 bits per heavy atom. The summed E-state index contributed by atoms with van der Waals surface area (Å²) in [5, 5.41) is 0. The van der Waals surface area contributed by atoms with Crippen LogP contribution >= 0.6 is 0 Å². The average Bonchev–Trinajstić information content (AvgIpc) is 2.78. The molecule has 0 unspecified atom stereocenters. The molecule has 0 aliphatic heterocycles. The fourth-order valence-corrected chi connectivity index (χ4v) is 1.78. The van der Waals surface area contributed by atoms with Crippen molar-refractivity contribution in [3.05, 3.63) is 53.5 Å². The van der Waals surface area contributed by atoms with Crippen molar-refractivity contribution in [1.29, 1.82) is 0 Å². The largest absolute Gasteiger partial charge is 0.469 e. The van der Waals surface area contributed by atoms with Crippen molar-refractivity contribution in [2.24, 2.45) is 0 Å². The minimum absolute atomic E-state index is 0.0740. The van der Waals surface area contributed by atoms with Crippen LogP contribution in [-0.4, -0.2) is 17.9 Å². The molecule has 0 saturated heterocycles. The van der Waals surface area contributed by atoms with E-state index in [4.69, 9.17) is 10.2 Å². The normalized spacial score (nSPS) is 10.3. The van der Waals surface area contributed by atoms with Crippen molar-refractivity contribution in [3.8, 4) is 0 Å². The number of aryl methyl sites for hydroxylation is 1. The molecular formula is C14H16N2O2. The van der Waals surface area contributed by atoms with Crippen LogP contribution in [-0.2, 0) is 6.54 Å². The number of rotatable bonds is 3. The molecule has 0 spiro atoms. The molecule has 4 nitrogen and oxygen atoms in total. The minimum atomic E-state index is -0.0740. The molecule has 2 rings (SSSR count). The zero-order valence-electron chi connectivity index (χ0n) is 10.5. The first-order valence-electron chi connectivity index (χ1n) is 5.72. The van der Waals surface area contributed by atoms with Crippen molar-refractivity contribution in [2.45, 2.75) is 13.5 Å². The Hall–Kier alpha value is -2.23. The van der Waals surface area contributed by atoms with Crippen LogP contribution in [0.3, 0.4) is 0 Å². The molecule has 0 radical (unpaired) electrons. The maximum absolute atomic E-state index is 12.1. The van der Waals surface area contributed by atoms with Gasteiger partial charge in [0.2, 0.25) is 0 Å². The second-order valence-electron chi connectivity index (χ2n) is 4.31. The number of carbonyl (C=O) groups excluding carboxylic acids is 1. The van der Waals surface area contributed by atoms with Gasteiger partial charge in [0.1, 0.15) is 12.0 Å². The van der Waals surface area contributed by atoms with E-state index in [0.717, 1.165) is 11.3 Å². The third-order valence-corrected chi connectivity index (χ3v) is 2.79. The van der Waals surface area contributed by atoms with E-state index in [-0.39, 0.29) is 5.91 Å². The first-order valence-corrected chi connectivity index (χ1v) is 5.72. The van der Waals surface area contributed by atoms with Crippen molar-refractivity contribution < 1.29 is 9.21 Å². The zero-order valence-corrected chi connectivity index (χ0v) is 10.5. The number of benzene rings is 1. The molecule has 1 amide bonds. The van der Waals surface area contributed by atoms with Crippen LogP contribution in [0.1, 0.15) is 21.7 Å². The van der Waals surface area contributed by atoms with Crippen molar-refractivity contribution in [1.82, 2.24) is 4.90 Å². The Labute approximate surface area is 106 Å². The van der Waals surface area contributed by atoms with E-state index in [2.05, 4.69) is 0 Å². The van der Waals surface area contributed by atoms with E-state index in [1.54, 1.807) is 18.0 Å². The lowest BCUT2D eigenvalue weighted by atomic mass is 10.1. The van der Waals surface area contributed by atoms with E-state index in [0.29, 0.717) is 17.8 Å². The lowest BCUT2D eigenvalue weighted by Gasteiger charge is -2.17. The van der Waals surface area contributed by atoms with Gasteiger partial charge in [-0.1, -0.05) is 18.2 Å². The summed E-state index contributed by atoms with van der Waals surface area (Å²) in [6, 6.07) is 9.26. The third-order valence-electron chi connectivity index (χ3n) is 2.79. The highest BCUT2D eigenvalue weighted by molar-refractivity contribution is 5.93. The quantitative estimate of drug-likeness (QED) is 0.844. The number of nitrogens with two attached hydrogens (primary N) is 1. The Morgan fingerprint density at radius 1 is 1.39 bits per heavy atom. The van der Waals surface area contributed by atoms with Crippen LogP contribution in [0.15, 0.2) is 41.0 Å². The highest BCUT2D eigenvalue weighted by Gasteiger charge is 2.14. The van der Waals surface area contributed by atoms with Crippen LogP contribution in [0.4, 0.5) is 5.69 Å². The molecule has 94 valence electrons. The molecule has 0 fully saturated rings. The number of nitrogen functional groups attached to an aromatic ring is 1. The molecule has 1 heterocycles. The lowest BCUT2D eigenvalue weighted by molar-refractivity contribution is 0.0784. The van der Waals surface area contributed by atoms with E-state index in [1.807, 2.05) is 31.2 Å². The van der Waals surface area contributed by atoms with Gasteiger partial charge in [-0.15, -0.1) is 0 Å². The Morgan fingerprint density at radius 2 is 2.11 bits per heavy atom. The van der Waals surface area contributed by atoms with Crippen molar-refractivity contribution in [3.63, 3.8) is 0 Å². The van der Waals surface area contributed by atoms with E-state index >= 15 is 0 Å². The second-order valence-corrected chi connectivity index (χ2v) is 4.31. The standard InChI is InChI=1S/C14H16N2O2/c1-10-7-12(9-18-10)14(17)16(2)8-11-5-3-4-6-13(11)15/h3-7,9H,8,15H2,1-2H3. The lowest BCUT2D eigenvalue weighted by Crippen LogP contribution is -2.26. The zero-order chi connectivity index (χ0) is 13.1. The van der Waals surface area contributed by atoms with Gasteiger partial charge in [0.15, 0.2) is 0 Å².